The Hall–Kier alpha value is -1.14. The van der Waals surface area contributed by atoms with Gasteiger partial charge in [0.05, 0.1) is 12.5 Å². The number of ether oxygens (including phenoxy) is 1. The fourth-order valence-corrected chi connectivity index (χ4v) is 2.16. The molecule has 3 unspecified atom stereocenters. The Morgan fingerprint density at radius 3 is 2.83 bits per heavy atom. The Kier molecular flexibility index (Phi) is 6.07. The molecule has 1 saturated heterocycles. The van der Waals surface area contributed by atoms with Crippen LogP contribution < -0.4 is 10.6 Å². The van der Waals surface area contributed by atoms with E-state index >= 15 is 0 Å². The lowest BCUT2D eigenvalue weighted by Crippen LogP contribution is -2.44. The van der Waals surface area contributed by atoms with Crippen LogP contribution >= 0.6 is 0 Å². The second-order valence-electron chi connectivity index (χ2n) is 4.78. The van der Waals surface area contributed by atoms with Gasteiger partial charge < -0.3 is 20.5 Å². The Bertz CT molecular complexity index is 296. The molecule has 1 aliphatic rings. The Labute approximate surface area is 107 Å². The van der Waals surface area contributed by atoms with Crippen molar-refractivity contribution in [3.63, 3.8) is 0 Å². The molecule has 6 heteroatoms. The van der Waals surface area contributed by atoms with Crippen molar-refractivity contribution < 1.29 is 19.4 Å². The molecule has 0 aliphatic carbocycles. The number of rotatable bonds is 6. The molecular formula is C12H22N2O4. The summed E-state index contributed by atoms with van der Waals surface area (Å²) >= 11 is 0. The number of piperidine rings is 1. The van der Waals surface area contributed by atoms with E-state index in [0.29, 0.717) is 6.04 Å². The van der Waals surface area contributed by atoms with Crippen molar-refractivity contribution >= 4 is 11.9 Å². The van der Waals surface area contributed by atoms with Crippen LogP contribution in [0.4, 0.5) is 0 Å². The average molecular weight is 258 g/mol. The molecule has 0 aromatic carbocycles. The molecule has 0 bridgehead atoms. The van der Waals surface area contributed by atoms with Gasteiger partial charge in [-0.05, 0) is 26.3 Å². The van der Waals surface area contributed by atoms with Crippen molar-refractivity contribution in [3.05, 3.63) is 0 Å². The maximum Gasteiger partial charge on any atom is 0.306 e. The largest absolute Gasteiger partial charge is 0.481 e. The quantitative estimate of drug-likeness (QED) is 0.623. The summed E-state index contributed by atoms with van der Waals surface area (Å²) < 4.78 is 5.01. The Morgan fingerprint density at radius 1 is 1.56 bits per heavy atom. The first-order chi connectivity index (χ1) is 8.52. The zero-order chi connectivity index (χ0) is 13.5. The number of nitrogens with one attached hydrogen (secondary N) is 2. The fraction of sp³-hybridized carbons (Fsp3) is 0.833. The zero-order valence-corrected chi connectivity index (χ0v) is 10.9. The van der Waals surface area contributed by atoms with Gasteiger partial charge in [0.1, 0.15) is 0 Å². The maximum atomic E-state index is 11.9. The van der Waals surface area contributed by atoms with Gasteiger partial charge in [-0.1, -0.05) is 0 Å². The molecule has 1 amide bonds. The third kappa shape index (κ3) is 5.01. The van der Waals surface area contributed by atoms with Crippen LogP contribution in [0.1, 0.15) is 26.2 Å². The molecule has 0 spiro atoms. The smallest absolute Gasteiger partial charge is 0.306 e. The predicted octanol–water partition coefficient (Wildman–Crippen LogP) is -0.0196. The first-order valence-electron chi connectivity index (χ1n) is 6.28. The lowest BCUT2D eigenvalue weighted by Gasteiger charge is -2.27. The van der Waals surface area contributed by atoms with Crippen molar-refractivity contribution in [1.29, 1.82) is 0 Å². The minimum Gasteiger partial charge on any atom is -0.481 e. The molecule has 0 aromatic rings. The molecule has 104 valence electrons. The highest BCUT2D eigenvalue weighted by Crippen LogP contribution is 2.15. The summed E-state index contributed by atoms with van der Waals surface area (Å²) in [5.74, 6) is -0.911. The number of hydrogen-bond acceptors (Lipinski definition) is 4. The van der Waals surface area contributed by atoms with Gasteiger partial charge >= 0.3 is 5.97 Å². The number of methoxy groups -OCH3 is 1. The Morgan fingerprint density at radius 2 is 2.28 bits per heavy atom. The highest BCUT2D eigenvalue weighted by molar-refractivity contribution is 5.79. The van der Waals surface area contributed by atoms with Crippen LogP contribution in [0.5, 0.6) is 0 Å². The molecule has 1 aliphatic heterocycles. The van der Waals surface area contributed by atoms with E-state index < -0.39 is 12.1 Å². The van der Waals surface area contributed by atoms with Gasteiger partial charge in [0, 0.05) is 25.6 Å². The lowest BCUT2D eigenvalue weighted by atomic mass is 9.92. The third-order valence-electron chi connectivity index (χ3n) is 3.23. The average Bonchev–Trinajstić information content (AvgIpc) is 2.33. The number of carbonyl (C=O) groups excluding carboxylic acids is 1. The van der Waals surface area contributed by atoms with Crippen molar-refractivity contribution in [2.24, 2.45) is 5.92 Å². The van der Waals surface area contributed by atoms with Crippen LogP contribution in [0.15, 0.2) is 0 Å². The molecular weight excluding hydrogens is 236 g/mol. The first-order valence-corrected chi connectivity index (χ1v) is 6.28. The minimum absolute atomic E-state index is 0.00390. The molecule has 1 rings (SSSR count). The second kappa shape index (κ2) is 7.33. The van der Waals surface area contributed by atoms with E-state index in [1.165, 1.54) is 7.11 Å². The van der Waals surface area contributed by atoms with Crippen LogP contribution in [0, 0.1) is 5.92 Å². The number of aliphatic carboxylic acids is 1. The Balaban J connectivity index is 2.32. The highest BCUT2D eigenvalue weighted by atomic mass is 16.5. The van der Waals surface area contributed by atoms with Gasteiger partial charge in [0.25, 0.3) is 0 Å². The summed E-state index contributed by atoms with van der Waals surface area (Å²) in [6.07, 6.45) is 1.08. The van der Waals surface area contributed by atoms with E-state index in [1.807, 2.05) is 0 Å². The second-order valence-corrected chi connectivity index (χ2v) is 4.78. The number of hydrogen-bond donors (Lipinski definition) is 3. The number of amides is 1. The predicted molar refractivity (Wildman–Crippen MR) is 66.2 cm³/mol. The molecule has 3 N–H and O–H groups in total. The minimum atomic E-state index is -0.924. The van der Waals surface area contributed by atoms with Gasteiger partial charge in [0.15, 0.2) is 0 Å². The maximum absolute atomic E-state index is 11.9. The van der Waals surface area contributed by atoms with Crippen molar-refractivity contribution in [3.8, 4) is 0 Å². The summed E-state index contributed by atoms with van der Waals surface area (Å²) in [4.78, 5) is 22.5. The zero-order valence-electron chi connectivity index (χ0n) is 10.9. The summed E-state index contributed by atoms with van der Waals surface area (Å²) in [6, 6.07) is 0.353. The van der Waals surface area contributed by atoms with E-state index in [2.05, 4.69) is 17.6 Å². The van der Waals surface area contributed by atoms with Gasteiger partial charge in [-0.3, -0.25) is 9.59 Å². The van der Waals surface area contributed by atoms with Crippen LogP contribution in [-0.4, -0.2) is 49.3 Å². The van der Waals surface area contributed by atoms with E-state index in [1.54, 1.807) is 0 Å². The van der Waals surface area contributed by atoms with Crippen molar-refractivity contribution in [2.45, 2.75) is 38.3 Å². The van der Waals surface area contributed by atoms with Gasteiger partial charge in [-0.2, -0.15) is 0 Å². The molecule has 3 atom stereocenters. The summed E-state index contributed by atoms with van der Waals surface area (Å²) in [7, 11) is 1.45. The van der Waals surface area contributed by atoms with Crippen LogP contribution in [0.3, 0.4) is 0 Å². The van der Waals surface area contributed by atoms with Gasteiger partial charge in [-0.25, -0.2) is 0 Å². The molecule has 1 heterocycles. The molecule has 18 heavy (non-hydrogen) atoms. The fourth-order valence-electron chi connectivity index (χ4n) is 2.16. The SMILES string of the molecule is COC(CNC(=O)C1CCNC(C)C1)CC(=O)O. The standard InChI is InChI=1S/C12H22N2O4/c1-8-5-9(3-4-13-8)12(17)14-7-10(18-2)6-11(15)16/h8-10,13H,3-7H2,1-2H3,(H,14,17)(H,15,16). The topological polar surface area (TPSA) is 87.7 Å². The number of carbonyl (C=O) groups is 2. The van der Waals surface area contributed by atoms with Crippen molar-refractivity contribution in [1.82, 2.24) is 10.6 Å². The van der Waals surface area contributed by atoms with Crippen molar-refractivity contribution in [2.75, 3.05) is 20.2 Å². The summed E-state index contributed by atoms with van der Waals surface area (Å²) in [5, 5.41) is 14.7. The summed E-state index contributed by atoms with van der Waals surface area (Å²) in [6.45, 7) is 3.16. The molecule has 1 fully saturated rings. The monoisotopic (exact) mass is 258 g/mol. The van der Waals surface area contributed by atoms with E-state index in [-0.39, 0.29) is 24.8 Å². The molecule has 0 aromatic heterocycles. The van der Waals surface area contributed by atoms with E-state index in [4.69, 9.17) is 9.84 Å². The normalized spacial score (nSPS) is 25.4. The number of carboxylic acids is 1. The number of carboxylic acid groups (broad SMARTS) is 1. The van der Waals surface area contributed by atoms with Crippen LogP contribution in [0.2, 0.25) is 0 Å². The van der Waals surface area contributed by atoms with Gasteiger partial charge in [-0.15, -0.1) is 0 Å². The highest BCUT2D eigenvalue weighted by Gasteiger charge is 2.25. The summed E-state index contributed by atoms with van der Waals surface area (Å²) in [5.41, 5.74) is 0. The van der Waals surface area contributed by atoms with Crippen LogP contribution in [0.25, 0.3) is 0 Å². The lowest BCUT2D eigenvalue weighted by molar-refractivity contribution is -0.140. The van der Waals surface area contributed by atoms with Gasteiger partial charge in [0.2, 0.25) is 5.91 Å². The third-order valence-corrected chi connectivity index (χ3v) is 3.23. The first kappa shape index (κ1) is 14.9. The molecule has 0 radical (unpaired) electrons. The molecule has 6 nitrogen and oxygen atoms in total. The van der Waals surface area contributed by atoms with E-state index in [0.717, 1.165) is 19.4 Å². The van der Waals surface area contributed by atoms with E-state index in [9.17, 15) is 9.59 Å². The van der Waals surface area contributed by atoms with Crippen LogP contribution in [-0.2, 0) is 14.3 Å². The molecule has 0 saturated carbocycles.